The van der Waals surface area contributed by atoms with Crippen molar-refractivity contribution >= 4 is 42.3 Å². The Balaban J connectivity index is 0. The molecule has 0 bridgehead atoms. The minimum absolute atomic E-state index is 0.0252. The van der Waals surface area contributed by atoms with Gasteiger partial charge in [0, 0.05) is 75.0 Å². The molecule has 0 aromatic heterocycles. The Morgan fingerprint density at radius 2 is 0.544 bits per heavy atom. The summed E-state index contributed by atoms with van der Waals surface area (Å²) in [7, 11) is 0. The first kappa shape index (κ1) is 54.0. The molecule has 0 aliphatic heterocycles. The van der Waals surface area contributed by atoms with Gasteiger partial charge in [-0.15, -0.1) is 0 Å². The van der Waals surface area contributed by atoms with Crippen molar-refractivity contribution in [2.45, 2.75) is 157 Å². The summed E-state index contributed by atoms with van der Waals surface area (Å²) in [5.41, 5.74) is -1.17. The monoisotopic (exact) mass is 819 g/mol. The Morgan fingerprint density at radius 1 is 0.351 bits per heavy atom. The van der Waals surface area contributed by atoms with Crippen LogP contribution in [0.3, 0.4) is 0 Å². The minimum Gasteiger partial charge on any atom is -0.444 e. The smallest absolute Gasteiger partial charge is 0.407 e. The third-order valence-corrected chi connectivity index (χ3v) is 6.34. The SMILES string of the molecule is CC(C)NC(=O)NC[C@H](C)NC(=O)NC[C@H](C)NC(=O)NC[C@H](C)NC(=O)OC(C)(C)C.CC(C)NC(=O)NC[C@H](C)NC(=O)NC[C@H](C)NC(=O)OC(C)(C)C. The molecule has 0 radical (unpaired) electrons. The van der Waals surface area contributed by atoms with E-state index >= 15 is 0 Å². The number of rotatable bonds is 17. The highest BCUT2D eigenvalue weighted by atomic mass is 16.6. The average molecular weight is 819 g/mol. The molecular formula is C36H74N12O9. The van der Waals surface area contributed by atoms with Crippen LogP contribution in [0, 0.1) is 0 Å². The van der Waals surface area contributed by atoms with Crippen LogP contribution in [0.15, 0.2) is 0 Å². The molecule has 0 saturated heterocycles. The van der Waals surface area contributed by atoms with Crippen LogP contribution in [0.5, 0.6) is 0 Å². The second-order valence-electron chi connectivity index (χ2n) is 16.4. The van der Waals surface area contributed by atoms with Gasteiger partial charge in [0.05, 0.1) is 0 Å². The molecule has 0 heterocycles. The number of nitrogens with one attached hydrogen (secondary N) is 12. The fourth-order valence-corrected chi connectivity index (χ4v) is 3.95. The summed E-state index contributed by atoms with van der Waals surface area (Å²) in [5.74, 6) is 0. The molecule has 21 heteroatoms. The van der Waals surface area contributed by atoms with E-state index in [-0.39, 0.29) is 86.6 Å². The molecule has 332 valence electrons. The van der Waals surface area contributed by atoms with Crippen molar-refractivity contribution in [3.05, 3.63) is 0 Å². The van der Waals surface area contributed by atoms with Gasteiger partial charge >= 0.3 is 42.3 Å². The lowest BCUT2D eigenvalue weighted by Crippen LogP contribution is -2.52. The van der Waals surface area contributed by atoms with E-state index in [1.807, 2.05) is 27.7 Å². The second-order valence-corrected chi connectivity index (χ2v) is 16.4. The summed E-state index contributed by atoms with van der Waals surface area (Å²) in [6.45, 7) is 28.1. The number of alkyl carbamates (subject to hydrolysis) is 2. The van der Waals surface area contributed by atoms with E-state index in [9.17, 15) is 33.6 Å². The van der Waals surface area contributed by atoms with Crippen molar-refractivity contribution < 1.29 is 43.0 Å². The van der Waals surface area contributed by atoms with Crippen molar-refractivity contribution in [3.63, 3.8) is 0 Å². The molecule has 0 fully saturated rings. The summed E-state index contributed by atoms with van der Waals surface area (Å²) >= 11 is 0. The van der Waals surface area contributed by atoms with Crippen LogP contribution in [-0.2, 0) is 9.47 Å². The zero-order valence-corrected chi connectivity index (χ0v) is 36.8. The van der Waals surface area contributed by atoms with Gasteiger partial charge in [0.2, 0.25) is 0 Å². The predicted molar refractivity (Wildman–Crippen MR) is 219 cm³/mol. The van der Waals surface area contributed by atoms with E-state index < -0.39 is 35.5 Å². The van der Waals surface area contributed by atoms with Crippen LogP contribution in [-0.4, -0.2) is 129 Å². The molecule has 57 heavy (non-hydrogen) atoms. The largest absolute Gasteiger partial charge is 0.444 e. The number of carbonyl (C=O) groups excluding carboxylic acids is 7. The van der Waals surface area contributed by atoms with Crippen LogP contribution in [0.1, 0.15) is 104 Å². The maximum Gasteiger partial charge on any atom is 0.407 e. The van der Waals surface area contributed by atoms with Crippen molar-refractivity contribution in [2.75, 3.05) is 32.7 Å². The fourth-order valence-electron chi connectivity index (χ4n) is 3.95. The quantitative estimate of drug-likeness (QED) is 0.102. The molecule has 12 amide bonds. The van der Waals surface area contributed by atoms with Crippen molar-refractivity contribution in [1.29, 1.82) is 0 Å². The summed E-state index contributed by atoms with van der Waals surface area (Å²) in [6, 6.07) is -3.19. The highest BCUT2D eigenvalue weighted by Gasteiger charge is 2.20. The van der Waals surface area contributed by atoms with Gasteiger partial charge < -0.3 is 73.3 Å². The number of carbonyl (C=O) groups is 7. The van der Waals surface area contributed by atoms with Crippen LogP contribution in [0.25, 0.3) is 0 Å². The topological polar surface area (TPSA) is 282 Å². The maximum absolute atomic E-state index is 12.0. The molecule has 0 unspecified atom stereocenters. The molecule has 12 N–H and O–H groups in total. The van der Waals surface area contributed by atoms with E-state index in [4.69, 9.17) is 9.47 Å². The second kappa shape index (κ2) is 27.5. The van der Waals surface area contributed by atoms with E-state index in [1.54, 1.807) is 76.2 Å². The summed E-state index contributed by atoms with van der Waals surface area (Å²) in [4.78, 5) is 82.0. The Bertz CT molecular complexity index is 1260. The van der Waals surface area contributed by atoms with E-state index in [0.717, 1.165) is 0 Å². The third kappa shape index (κ3) is 36.3. The Labute approximate surface area is 338 Å². The lowest BCUT2D eigenvalue weighted by Gasteiger charge is -2.22. The highest BCUT2D eigenvalue weighted by molar-refractivity contribution is 5.77. The van der Waals surface area contributed by atoms with Crippen molar-refractivity contribution in [2.24, 2.45) is 0 Å². The molecule has 0 saturated carbocycles. The van der Waals surface area contributed by atoms with Crippen LogP contribution >= 0.6 is 0 Å². The standard InChI is InChI=1S/C20H41N7O5.C16H33N5O4/c1-12(2)24-16(28)21-9-13(3)25-17(29)22-10-14(4)26-18(30)23-11-15(5)27-19(31)32-20(6,7)8;1-10(2)19-13(22)17-8-11(3)20-14(23)18-9-12(4)21-15(24)25-16(5,6)7/h12-15H,9-11H2,1-8H3,(H,27,31)(H2,21,24,28)(H2,22,25,29)(H2,23,26,30);10-12H,8-9H2,1-7H3,(H,21,24)(H2,17,19,22)(H2,18,20,23)/t13-,14-,15-;11-,12-/m00/s1. The van der Waals surface area contributed by atoms with Gasteiger partial charge in [-0.25, -0.2) is 33.6 Å². The van der Waals surface area contributed by atoms with Gasteiger partial charge in [0.15, 0.2) is 0 Å². The number of ether oxygens (including phenoxy) is 2. The molecular weight excluding hydrogens is 744 g/mol. The number of hydrogen-bond donors (Lipinski definition) is 12. The maximum atomic E-state index is 12.0. The molecule has 0 aromatic carbocycles. The van der Waals surface area contributed by atoms with Gasteiger partial charge in [0.1, 0.15) is 11.2 Å². The molecule has 0 rings (SSSR count). The normalized spacial score (nSPS) is 13.6. The molecule has 0 aliphatic carbocycles. The highest BCUT2D eigenvalue weighted by Crippen LogP contribution is 2.07. The van der Waals surface area contributed by atoms with Gasteiger partial charge in [-0.2, -0.15) is 0 Å². The predicted octanol–water partition coefficient (Wildman–Crippen LogP) is 2.28. The lowest BCUT2D eigenvalue weighted by molar-refractivity contribution is 0.0497. The molecule has 0 aliphatic rings. The van der Waals surface area contributed by atoms with Crippen molar-refractivity contribution in [1.82, 2.24) is 63.8 Å². The Kier molecular flexibility index (Phi) is 26.0. The fraction of sp³-hybridized carbons (Fsp3) is 0.806. The first-order chi connectivity index (χ1) is 26.1. The first-order valence-corrected chi connectivity index (χ1v) is 19.3. The average Bonchev–Trinajstić information content (AvgIpc) is 3.01. The Morgan fingerprint density at radius 3 is 0.737 bits per heavy atom. The summed E-state index contributed by atoms with van der Waals surface area (Å²) < 4.78 is 10.3. The third-order valence-electron chi connectivity index (χ3n) is 6.34. The molecule has 0 aromatic rings. The molecule has 5 atom stereocenters. The summed E-state index contributed by atoms with van der Waals surface area (Å²) in [6.07, 6.45) is -1.09. The lowest BCUT2D eigenvalue weighted by atomic mass is 10.2. The van der Waals surface area contributed by atoms with Gasteiger partial charge in [-0.1, -0.05) is 0 Å². The number of hydrogen-bond acceptors (Lipinski definition) is 9. The van der Waals surface area contributed by atoms with Crippen molar-refractivity contribution in [3.8, 4) is 0 Å². The van der Waals surface area contributed by atoms with Crippen LogP contribution in [0.2, 0.25) is 0 Å². The molecule has 0 spiro atoms. The van der Waals surface area contributed by atoms with Crippen LogP contribution < -0.4 is 63.8 Å². The molecule has 21 nitrogen and oxygen atoms in total. The van der Waals surface area contributed by atoms with Gasteiger partial charge in [-0.3, -0.25) is 0 Å². The van der Waals surface area contributed by atoms with Gasteiger partial charge in [-0.05, 0) is 104 Å². The zero-order chi connectivity index (χ0) is 44.5. The number of urea groups is 5. The van der Waals surface area contributed by atoms with Crippen LogP contribution in [0.4, 0.5) is 33.6 Å². The van der Waals surface area contributed by atoms with Gasteiger partial charge in [0.25, 0.3) is 0 Å². The Hall–Kier alpha value is -5.11. The summed E-state index contributed by atoms with van der Waals surface area (Å²) in [5, 5.41) is 32.0. The zero-order valence-electron chi connectivity index (χ0n) is 36.8. The first-order valence-electron chi connectivity index (χ1n) is 19.3. The van der Waals surface area contributed by atoms with E-state index in [2.05, 4.69) is 63.8 Å². The van der Waals surface area contributed by atoms with E-state index in [0.29, 0.717) is 6.54 Å². The van der Waals surface area contributed by atoms with E-state index in [1.165, 1.54) is 0 Å². The minimum atomic E-state index is -0.597. The number of amides is 12.